The summed E-state index contributed by atoms with van der Waals surface area (Å²) in [5.74, 6) is 0. The summed E-state index contributed by atoms with van der Waals surface area (Å²) >= 11 is 0. The van der Waals surface area contributed by atoms with Crippen LogP contribution in [0.15, 0.2) is 217 Å². The van der Waals surface area contributed by atoms with Gasteiger partial charge in [0.1, 0.15) is 11.2 Å². The Labute approximate surface area is 336 Å². The molecule has 0 saturated heterocycles. The van der Waals surface area contributed by atoms with Crippen molar-refractivity contribution in [3.8, 4) is 33.4 Å². The van der Waals surface area contributed by atoms with E-state index in [2.05, 4.69) is 0 Å². The molecule has 0 radical (unpaired) electrons. The van der Waals surface area contributed by atoms with Gasteiger partial charge in [0.2, 0.25) is 0 Å². The second-order valence-electron chi connectivity index (χ2n) is 13.9. The van der Waals surface area contributed by atoms with E-state index in [1.807, 2.05) is 133 Å². The molecule has 0 bridgehead atoms. The van der Waals surface area contributed by atoms with Crippen molar-refractivity contribution in [1.29, 1.82) is 0 Å². The van der Waals surface area contributed by atoms with Gasteiger partial charge in [0.25, 0.3) is 0 Å². The predicted octanol–water partition coefficient (Wildman–Crippen LogP) is 15.5. The highest BCUT2D eigenvalue weighted by molar-refractivity contribution is 6.19. The first-order chi connectivity index (χ1) is 31.1. The fraction of sp³-hybridized carbons (Fsp3) is 0. The largest absolute Gasteiger partial charge is 0.455 e. The van der Waals surface area contributed by atoms with E-state index < -0.39 is 24.2 Å². The fourth-order valence-corrected chi connectivity index (χ4v) is 7.89. The molecule has 1 aromatic heterocycles. The van der Waals surface area contributed by atoms with Crippen molar-refractivity contribution in [3.63, 3.8) is 0 Å². The van der Waals surface area contributed by atoms with Crippen LogP contribution in [-0.2, 0) is 0 Å². The zero-order valence-electron chi connectivity index (χ0n) is 37.9. The Kier molecular flexibility index (Phi) is 5.83. The molecule has 262 valence electrons. The van der Waals surface area contributed by atoms with Gasteiger partial charge in [-0.05, 0) is 115 Å². The average molecular weight is 722 g/mol. The van der Waals surface area contributed by atoms with E-state index >= 15 is 0 Å². The van der Waals surface area contributed by atoms with E-state index in [9.17, 15) is 9.60 Å². The molecule has 10 aromatic carbocycles. The Balaban J connectivity index is 1.20. The lowest BCUT2D eigenvalue weighted by Crippen LogP contribution is -2.10. The highest BCUT2D eigenvalue weighted by Gasteiger charge is 2.21. The highest BCUT2D eigenvalue weighted by atomic mass is 16.3. The van der Waals surface area contributed by atoms with Crippen LogP contribution in [0.4, 0.5) is 17.1 Å². The molecule has 0 aliphatic rings. The van der Waals surface area contributed by atoms with Gasteiger partial charge in [0.05, 0.1) is 22.0 Å². The predicted molar refractivity (Wildman–Crippen MR) is 237 cm³/mol. The number of fused-ring (bicyclic) bond motifs is 7. The van der Waals surface area contributed by atoms with E-state index in [0.717, 1.165) is 43.4 Å². The molecule has 0 N–H and O–H groups in total. The summed E-state index contributed by atoms with van der Waals surface area (Å²) in [7, 11) is 0. The number of benzene rings is 10. The van der Waals surface area contributed by atoms with Gasteiger partial charge in [-0.1, -0.05) is 158 Å². The van der Waals surface area contributed by atoms with Crippen molar-refractivity contribution in [2.45, 2.75) is 0 Å². The third-order valence-electron chi connectivity index (χ3n) is 10.6. The number of rotatable bonds is 6. The molecule has 1 heterocycles. The van der Waals surface area contributed by atoms with Gasteiger partial charge in [0, 0.05) is 22.1 Å². The van der Waals surface area contributed by atoms with Crippen molar-refractivity contribution in [2.75, 3.05) is 4.90 Å². The summed E-state index contributed by atoms with van der Waals surface area (Å²) in [5.41, 5.74) is 3.97. The van der Waals surface area contributed by atoms with Crippen LogP contribution >= 0.6 is 0 Å². The third-order valence-corrected chi connectivity index (χ3v) is 10.6. The lowest BCUT2D eigenvalue weighted by atomic mass is 9.95. The smallest absolute Gasteiger partial charge is 0.143 e. The summed E-state index contributed by atoms with van der Waals surface area (Å²) in [6.07, 6.45) is 0. The van der Waals surface area contributed by atoms with Gasteiger partial charge in [-0.2, -0.15) is 0 Å². The monoisotopic (exact) mass is 721 g/mol. The molecule has 0 atom stereocenters. The second-order valence-corrected chi connectivity index (χ2v) is 13.9. The molecule has 0 fully saturated rings. The van der Waals surface area contributed by atoms with Crippen molar-refractivity contribution in [1.82, 2.24) is 0 Å². The van der Waals surface area contributed by atoms with Crippen LogP contribution in [0.2, 0.25) is 0 Å². The zero-order valence-corrected chi connectivity index (χ0v) is 29.9. The Morgan fingerprint density at radius 1 is 0.411 bits per heavy atom. The average Bonchev–Trinajstić information content (AvgIpc) is 3.72. The summed E-state index contributed by atoms with van der Waals surface area (Å²) in [5, 5.41) is 6.98. The van der Waals surface area contributed by atoms with Crippen LogP contribution in [0.1, 0.15) is 11.0 Å². The van der Waals surface area contributed by atoms with Crippen LogP contribution in [0.25, 0.3) is 87.6 Å². The van der Waals surface area contributed by atoms with Crippen LogP contribution in [0, 0.1) is 0 Å². The minimum absolute atomic E-state index is 0.0935. The van der Waals surface area contributed by atoms with Gasteiger partial charge in [-0.3, -0.25) is 0 Å². The van der Waals surface area contributed by atoms with Gasteiger partial charge >= 0.3 is 0 Å². The number of hydrogen-bond acceptors (Lipinski definition) is 2. The molecule has 11 rings (SSSR count). The Bertz CT molecular complexity index is 3710. The topological polar surface area (TPSA) is 16.4 Å². The summed E-state index contributed by atoms with van der Waals surface area (Å²) in [4.78, 5) is 1.41. The number of hydrogen-bond donors (Lipinski definition) is 0. The number of nitrogens with zero attached hydrogens (tertiary/aromatic N) is 1. The first-order valence-electron chi connectivity index (χ1n) is 22.5. The van der Waals surface area contributed by atoms with Crippen molar-refractivity contribution in [2.24, 2.45) is 0 Å². The van der Waals surface area contributed by atoms with Gasteiger partial charge in [-0.15, -0.1) is 0 Å². The van der Waals surface area contributed by atoms with E-state index in [1.54, 1.807) is 30.3 Å². The van der Waals surface area contributed by atoms with E-state index in [0.29, 0.717) is 38.8 Å². The minimum Gasteiger partial charge on any atom is -0.455 e. The molecule has 0 amide bonds. The first kappa shape index (κ1) is 24.8. The SMILES string of the molecule is [2H]c1c([2H])c(-c2ccc3ccccc3c2)c([2H])c(N(c2c([2H])c([2H])c(-c3cccc(-c4cccc5ccccc45)c3)c([2H])c2[2H])c2cccc3oc4c5ccccc5ccc4c23)c1[2H]. The van der Waals surface area contributed by atoms with E-state index in [1.165, 1.54) is 4.90 Å². The maximum atomic E-state index is 9.92. The lowest BCUT2D eigenvalue weighted by Gasteiger charge is -2.27. The molecular weight excluding hydrogens is 679 g/mol. The van der Waals surface area contributed by atoms with E-state index in [-0.39, 0.29) is 46.7 Å². The molecule has 0 spiro atoms. The molecule has 0 unspecified atom stereocenters. The van der Waals surface area contributed by atoms with Gasteiger partial charge < -0.3 is 9.32 Å². The lowest BCUT2D eigenvalue weighted by molar-refractivity contribution is 0.672. The summed E-state index contributed by atoms with van der Waals surface area (Å²) < 4.78 is 83.3. The van der Waals surface area contributed by atoms with Crippen molar-refractivity contribution < 1.29 is 15.4 Å². The maximum absolute atomic E-state index is 9.92. The number of furan rings is 1. The van der Waals surface area contributed by atoms with Crippen molar-refractivity contribution in [3.05, 3.63) is 212 Å². The minimum atomic E-state index is -0.474. The molecule has 11 aromatic rings. The second kappa shape index (κ2) is 13.2. The quantitative estimate of drug-likeness (QED) is 0.170. The standard InChI is InChI=1S/C54H35NO/c1-2-14-40-33-43(26-25-36(40)11-1)42-17-8-19-46(35-42)55(51-23-10-24-52-53(51)50-32-29-39-13-4-6-21-49(39)54(50)56-52)45-30-27-37(28-31-45)41-16-7-18-44(34-41)48-22-9-15-38-12-3-5-20-47(38)48/h1-35H/i8D,17D,19D,27D,28D,30D,31D,35D. The van der Waals surface area contributed by atoms with Gasteiger partial charge in [-0.25, -0.2) is 0 Å². The van der Waals surface area contributed by atoms with Crippen LogP contribution in [-0.4, -0.2) is 0 Å². The summed E-state index contributed by atoms with van der Waals surface area (Å²) in [6.45, 7) is 0. The third kappa shape index (κ3) is 5.42. The maximum Gasteiger partial charge on any atom is 0.143 e. The molecule has 2 nitrogen and oxygen atoms in total. The molecule has 56 heavy (non-hydrogen) atoms. The van der Waals surface area contributed by atoms with Crippen LogP contribution in [0.5, 0.6) is 0 Å². The first-order valence-corrected chi connectivity index (χ1v) is 18.5. The molecule has 0 saturated carbocycles. The fourth-order valence-electron chi connectivity index (χ4n) is 7.89. The zero-order chi connectivity index (χ0) is 44.0. The van der Waals surface area contributed by atoms with Gasteiger partial charge in [0.15, 0.2) is 0 Å². The highest BCUT2D eigenvalue weighted by Crippen LogP contribution is 2.45. The van der Waals surface area contributed by atoms with Crippen LogP contribution < -0.4 is 4.90 Å². The molecule has 0 aliphatic heterocycles. The molecule has 2 heteroatoms. The number of anilines is 3. The van der Waals surface area contributed by atoms with Crippen molar-refractivity contribution >= 4 is 71.3 Å². The molecular formula is C54H35NO. The van der Waals surface area contributed by atoms with E-state index in [4.69, 9.17) is 5.79 Å². The summed E-state index contributed by atoms with van der Waals surface area (Å²) in [6, 6.07) is 48.9. The Morgan fingerprint density at radius 3 is 1.96 bits per heavy atom. The molecule has 0 aliphatic carbocycles. The van der Waals surface area contributed by atoms with Crippen LogP contribution in [0.3, 0.4) is 0 Å². The normalized spacial score (nSPS) is 13.6. The Hall–Kier alpha value is -7.42. The Morgan fingerprint density at radius 2 is 1.09 bits per heavy atom.